The zero-order chi connectivity index (χ0) is 17.9. The third kappa shape index (κ3) is 8.33. The molecule has 0 radical (unpaired) electrons. The number of hydrogen-bond acceptors (Lipinski definition) is 2. The molecule has 1 fully saturated rings. The molecule has 2 rings (SSSR count). The van der Waals surface area contributed by atoms with Gasteiger partial charge in [0.2, 0.25) is 5.91 Å². The maximum atomic E-state index is 13.2. The Bertz CT molecular complexity index is 576. The second-order valence-corrected chi connectivity index (χ2v) is 6.38. The summed E-state index contributed by atoms with van der Waals surface area (Å²) in [5.41, 5.74) is 0.822. The Morgan fingerprint density at radius 3 is 2.58 bits per heavy atom. The van der Waals surface area contributed by atoms with Crippen molar-refractivity contribution in [1.29, 1.82) is 0 Å². The minimum atomic E-state index is -0.254. The van der Waals surface area contributed by atoms with E-state index < -0.39 is 0 Å². The standard InChI is InChI=1S/C19H29FN4O.HI/c1-2-21-19(24-14-15-7-6-10-17(20)13-15)23-12-11-22-18(25)16-8-4-3-5-9-16;/h6-7,10,13,16H,2-5,8-9,11-12,14H2,1H3,(H,22,25)(H2,21,23,24);1H. The highest BCUT2D eigenvalue weighted by molar-refractivity contribution is 14.0. The normalized spacial score (nSPS) is 15.1. The maximum Gasteiger partial charge on any atom is 0.223 e. The van der Waals surface area contributed by atoms with Crippen LogP contribution in [0.1, 0.15) is 44.6 Å². The third-order valence-corrected chi connectivity index (χ3v) is 4.35. The van der Waals surface area contributed by atoms with Crippen LogP contribution in [0.15, 0.2) is 29.3 Å². The predicted octanol–water partition coefficient (Wildman–Crippen LogP) is 3.20. The third-order valence-electron chi connectivity index (χ3n) is 4.35. The Balaban J connectivity index is 0.00000338. The summed E-state index contributed by atoms with van der Waals surface area (Å²) in [6.45, 7) is 4.31. The first kappa shape index (κ1) is 22.7. The number of halogens is 2. The molecule has 0 unspecified atom stereocenters. The zero-order valence-electron chi connectivity index (χ0n) is 15.4. The van der Waals surface area contributed by atoms with E-state index in [0.29, 0.717) is 25.6 Å². The molecule has 7 heteroatoms. The lowest BCUT2D eigenvalue weighted by Crippen LogP contribution is -2.42. The Hall–Kier alpha value is -1.38. The largest absolute Gasteiger partial charge is 0.357 e. The van der Waals surface area contributed by atoms with E-state index >= 15 is 0 Å². The van der Waals surface area contributed by atoms with Gasteiger partial charge < -0.3 is 16.0 Å². The van der Waals surface area contributed by atoms with E-state index in [-0.39, 0.29) is 41.6 Å². The van der Waals surface area contributed by atoms with Crippen LogP contribution in [-0.4, -0.2) is 31.5 Å². The van der Waals surface area contributed by atoms with Crippen LogP contribution in [0, 0.1) is 11.7 Å². The molecule has 0 aliphatic heterocycles. The molecule has 0 heterocycles. The van der Waals surface area contributed by atoms with Gasteiger partial charge >= 0.3 is 0 Å². The topological polar surface area (TPSA) is 65.5 Å². The molecular weight excluding hydrogens is 446 g/mol. The molecule has 0 aromatic heterocycles. The Morgan fingerprint density at radius 2 is 1.88 bits per heavy atom. The molecule has 0 bridgehead atoms. The minimum Gasteiger partial charge on any atom is -0.357 e. The van der Waals surface area contributed by atoms with Crippen LogP contribution in [0.4, 0.5) is 4.39 Å². The van der Waals surface area contributed by atoms with E-state index in [2.05, 4.69) is 20.9 Å². The van der Waals surface area contributed by atoms with E-state index in [1.807, 2.05) is 13.0 Å². The van der Waals surface area contributed by atoms with Crippen molar-refractivity contribution in [2.75, 3.05) is 19.6 Å². The van der Waals surface area contributed by atoms with Crippen molar-refractivity contribution in [2.45, 2.75) is 45.6 Å². The number of aliphatic imine (C=N–C) groups is 1. The van der Waals surface area contributed by atoms with Gasteiger partial charge in [0.1, 0.15) is 5.82 Å². The van der Waals surface area contributed by atoms with Gasteiger partial charge in [-0.25, -0.2) is 9.38 Å². The number of amides is 1. The average molecular weight is 476 g/mol. The van der Waals surface area contributed by atoms with Gasteiger partial charge in [0, 0.05) is 25.6 Å². The SMILES string of the molecule is CCNC(=NCc1cccc(F)c1)NCCNC(=O)C1CCCCC1.I. The quantitative estimate of drug-likeness (QED) is 0.245. The van der Waals surface area contributed by atoms with Crippen LogP contribution >= 0.6 is 24.0 Å². The van der Waals surface area contributed by atoms with Gasteiger partial charge in [0.15, 0.2) is 5.96 Å². The van der Waals surface area contributed by atoms with Crippen LogP contribution in [0.25, 0.3) is 0 Å². The first-order chi connectivity index (χ1) is 12.2. The van der Waals surface area contributed by atoms with Crippen LogP contribution < -0.4 is 16.0 Å². The highest BCUT2D eigenvalue weighted by atomic mass is 127. The fraction of sp³-hybridized carbons (Fsp3) is 0.579. The second kappa shape index (κ2) is 12.9. The molecular formula is C19H30FIN4O. The van der Waals surface area contributed by atoms with Crippen molar-refractivity contribution in [3.8, 4) is 0 Å². The second-order valence-electron chi connectivity index (χ2n) is 6.38. The number of nitrogens with one attached hydrogen (secondary N) is 3. The van der Waals surface area contributed by atoms with Gasteiger partial charge in [-0.1, -0.05) is 31.4 Å². The van der Waals surface area contributed by atoms with Crippen LogP contribution in [0.2, 0.25) is 0 Å². The molecule has 1 aromatic carbocycles. The lowest BCUT2D eigenvalue weighted by atomic mass is 9.89. The first-order valence-electron chi connectivity index (χ1n) is 9.23. The highest BCUT2D eigenvalue weighted by Crippen LogP contribution is 2.23. The Morgan fingerprint density at radius 1 is 1.15 bits per heavy atom. The number of nitrogens with zero attached hydrogens (tertiary/aromatic N) is 1. The Kier molecular flexibility index (Phi) is 11.2. The summed E-state index contributed by atoms with van der Waals surface area (Å²) in [4.78, 5) is 16.5. The van der Waals surface area contributed by atoms with Crippen molar-refractivity contribution >= 4 is 35.8 Å². The summed E-state index contributed by atoms with van der Waals surface area (Å²) < 4.78 is 13.2. The first-order valence-corrected chi connectivity index (χ1v) is 9.23. The van der Waals surface area contributed by atoms with E-state index in [9.17, 15) is 9.18 Å². The lowest BCUT2D eigenvalue weighted by molar-refractivity contribution is -0.125. The smallest absolute Gasteiger partial charge is 0.223 e. The summed E-state index contributed by atoms with van der Waals surface area (Å²) in [6, 6.07) is 6.44. The average Bonchev–Trinajstić information content (AvgIpc) is 2.63. The summed E-state index contributed by atoms with van der Waals surface area (Å²) in [6.07, 6.45) is 5.59. The van der Waals surface area contributed by atoms with Crippen LogP contribution in [-0.2, 0) is 11.3 Å². The predicted molar refractivity (Wildman–Crippen MR) is 114 cm³/mol. The molecule has 5 nitrogen and oxygen atoms in total. The number of rotatable bonds is 7. The summed E-state index contributed by atoms with van der Waals surface area (Å²) in [5.74, 6) is 0.765. The van der Waals surface area contributed by atoms with Crippen molar-refractivity contribution in [2.24, 2.45) is 10.9 Å². The number of hydrogen-bond donors (Lipinski definition) is 3. The van der Waals surface area contributed by atoms with E-state index in [0.717, 1.165) is 37.8 Å². The van der Waals surface area contributed by atoms with Crippen LogP contribution in [0.5, 0.6) is 0 Å². The molecule has 26 heavy (non-hydrogen) atoms. The molecule has 1 aromatic rings. The molecule has 0 atom stereocenters. The zero-order valence-corrected chi connectivity index (χ0v) is 17.7. The van der Waals surface area contributed by atoms with E-state index in [4.69, 9.17) is 0 Å². The number of carbonyl (C=O) groups excluding carboxylic acids is 1. The molecule has 1 aliphatic carbocycles. The molecule has 1 saturated carbocycles. The molecule has 146 valence electrons. The fourth-order valence-corrected chi connectivity index (χ4v) is 3.02. The summed E-state index contributed by atoms with van der Waals surface area (Å²) >= 11 is 0. The van der Waals surface area contributed by atoms with Gasteiger partial charge in [-0.2, -0.15) is 0 Å². The molecule has 1 aliphatic rings. The van der Waals surface area contributed by atoms with Crippen molar-refractivity contribution < 1.29 is 9.18 Å². The highest BCUT2D eigenvalue weighted by Gasteiger charge is 2.20. The van der Waals surface area contributed by atoms with Gasteiger partial charge in [-0.15, -0.1) is 24.0 Å². The molecule has 3 N–H and O–H groups in total. The summed E-state index contributed by atoms with van der Waals surface area (Å²) in [7, 11) is 0. The summed E-state index contributed by atoms with van der Waals surface area (Å²) in [5, 5.41) is 9.34. The monoisotopic (exact) mass is 476 g/mol. The minimum absolute atomic E-state index is 0. The molecule has 1 amide bonds. The number of guanidine groups is 1. The van der Waals surface area contributed by atoms with Crippen LogP contribution in [0.3, 0.4) is 0 Å². The number of carbonyl (C=O) groups is 1. The van der Waals surface area contributed by atoms with Gasteiger partial charge in [0.25, 0.3) is 0 Å². The van der Waals surface area contributed by atoms with E-state index in [1.165, 1.54) is 18.6 Å². The number of benzene rings is 1. The van der Waals surface area contributed by atoms with Gasteiger partial charge in [0.05, 0.1) is 6.54 Å². The maximum absolute atomic E-state index is 13.2. The molecule has 0 saturated heterocycles. The van der Waals surface area contributed by atoms with Crippen molar-refractivity contribution in [1.82, 2.24) is 16.0 Å². The van der Waals surface area contributed by atoms with E-state index in [1.54, 1.807) is 6.07 Å². The van der Waals surface area contributed by atoms with Gasteiger partial charge in [-0.3, -0.25) is 4.79 Å². The van der Waals surface area contributed by atoms with Gasteiger partial charge in [-0.05, 0) is 37.5 Å². The fourth-order valence-electron chi connectivity index (χ4n) is 3.02. The Labute approximate surface area is 172 Å². The lowest BCUT2D eigenvalue weighted by Gasteiger charge is -2.21. The van der Waals surface area contributed by atoms with Crippen molar-refractivity contribution in [3.63, 3.8) is 0 Å². The van der Waals surface area contributed by atoms with Crippen molar-refractivity contribution in [3.05, 3.63) is 35.6 Å². The molecule has 0 spiro atoms.